The first kappa shape index (κ1) is 22.3. The number of anilines is 3. The van der Waals surface area contributed by atoms with Crippen LogP contribution in [0.1, 0.15) is 48.5 Å². The molecule has 0 atom stereocenters. The van der Waals surface area contributed by atoms with Crippen LogP contribution in [-0.4, -0.2) is 42.3 Å². The summed E-state index contributed by atoms with van der Waals surface area (Å²) in [5, 5.41) is 8.76. The Labute approximate surface area is 183 Å². The molecule has 0 unspecified atom stereocenters. The molecule has 0 radical (unpaired) electrons. The molecular weight excluding hydrogens is 392 g/mol. The van der Waals surface area contributed by atoms with Crippen LogP contribution >= 0.6 is 0 Å². The van der Waals surface area contributed by atoms with Crippen molar-refractivity contribution in [3.8, 4) is 0 Å². The van der Waals surface area contributed by atoms with Crippen LogP contribution < -0.4 is 16.0 Å². The van der Waals surface area contributed by atoms with E-state index in [1.54, 1.807) is 31.2 Å². The summed E-state index contributed by atoms with van der Waals surface area (Å²) in [6, 6.07) is 12.6. The van der Waals surface area contributed by atoms with E-state index >= 15 is 0 Å². The summed E-state index contributed by atoms with van der Waals surface area (Å²) < 4.78 is 0. The number of nitrogens with zero attached hydrogens (tertiary/aromatic N) is 1. The van der Waals surface area contributed by atoms with E-state index in [0.29, 0.717) is 17.7 Å². The number of aryl methyl sites for hydroxylation is 1. The molecular formula is C24H30N4O3. The number of rotatable bonds is 7. The van der Waals surface area contributed by atoms with Crippen molar-refractivity contribution in [2.75, 3.05) is 35.6 Å². The SMILES string of the molecule is CCC(=O)Nc1cc(NCC(=O)Nc2ccc(C(=O)N3CCCCC3)cc2)ccc1C. The molecule has 0 saturated carbocycles. The summed E-state index contributed by atoms with van der Waals surface area (Å²) in [5.41, 5.74) is 3.71. The second-order valence-corrected chi connectivity index (χ2v) is 7.76. The smallest absolute Gasteiger partial charge is 0.253 e. The summed E-state index contributed by atoms with van der Waals surface area (Å²) in [6.07, 6.45) is 3.70. The summed E-state index contributed by atoms with van der Waals surface area (Å²) in [6.45, 7) is 5.42. The summed E-state index contributed by atoms with van der Waals surface area (Å²) >= 11 is 0. The fourth-order valence-electron chi connectivity index (χ4n) is 3.47. The molecule has 164 valence electrons. The Balaban J connectivity index is 1.52. The van der Waals surface area contributed by atoms with E-state index in [2.05, 4.69) is 16.0 Å². The molecule has 0 aromatic heterocycles. The van der Waals surface area contributed by atoms with Crippen LogP contribution in [-0.2, 0) is 9.59 Å². The number of likely N-dealkylation sites (tertiary alicyclic amines) is 1. The number of carbonyl (C=O) groups is 3. The molecule has 1 saturated heterocycles. The van der Waals surface area contributed by atoms with E-state index in [0.717, 1.165) is 42.9 Å². The van der Waals surface area contributed by atoms with Gasteiger partial charge in [0.1, 0.15) is 0 Å². The number of amides is 3. The molecule has 1 heterocycles. The lowest BCUT2D eigenvalue weighted by molar-refractivity contribution is -0.116. The van der Waals surface area contributed by atoms with Crippen molar-refractivity contribution in [2.45, 2.75) is 39.5 Å². The topological polar surface area (TPSA) is 90.5 Å². The van der Waals surface area contributed by atoms with Crippen LogP contribution in [0.5, 0.6) is 0 Å². The molecule has 0 aliphatic carbocycles. The normalized spacial score (nSPS) is 13.4. The maximum atomic E-state index is 12.5. The van der Waals surface area contributed by atoms with E-state index in [1.807, 2.05) is 30.0 Å². The van der Waals surface area contributed by atoms with Crippen molar-refractivity contribution in [3.63, 3.8) is 0 Å². The Hall–Kier alpha value is -3.35. The maximum absolute atomic E-state index is 12.5. The molecule has 2 aromatic rings. The number of benzene rings is 2. The number of hydrogen-bond donors (Lipinski definition) is 3. The molecule has 1 fully saturated rings. The van der Waals surface area contributed by atoms with Crippen molar-refractivity contribution in [1.82, 2.24) is 4.90 Å². The Morgan fingerprint density at radius 1 is 0.871 bits per heavy atom. The highest BCUT2D eigenvalue weighted by molar-refractivity contribution is 5.97. The fourth-order valence-corrected chi connectivity index (χ4v) is 3.47. The van der Waals surface area contributed by atoms with Gasteiger partial charge in [-0.1, -0.05) is 13.0 Å². The average molecular weight is 423 g/mol. The summed E-state index contributed by atoms with van der Waals surface area (Å²) in [7, 11) is 0. The molecule has 1 aliphatic rings. The maximum Gasteiger partial charge on any atom is 0.253 e. The third-order valence-electron chi connectivity index (χ3n) is 5.34. The first-order valence-corrected chi connectivity index (χ1v) is 10.8. The van der Waals surface area contributed by atoms with Gasteiger partial charge in [-0.25, -0.2) is 0 Å². The lowest BCUT2D eigenvalue weighted by atomic mass is 10.1. The molecule has 31 heavy (non-hydrogen) atoms. The van der Waals surface area contributed by atoms with Gasteiger partial charge in [-0.3, -0.25) is 14.4 Å². The van der Waals surface area contributed by atoms with Crippen molar-refractivity contribution in [2.24, 2.45) is 0 Å². The van der Waals surface area contributed by atoms with E-state index < -0.39 is 0 Å². The van der Waals surface area contributed by atoms with Crippen molar-refractivity contribution >= 4 is 34.8 Å². The average Bonchev–Trinajstić information content (AvgIpc) is 2.80. The van der Waals surface area contributed by atoms with E-state index in [9.17, 15) is 14.4 Å². The third kappa shape index (κ3) is 6.31. The number of piperidine rings is 1. The van der Waals surface area contributed by atoms with Gasteiger partial charge in [-0.15, -0.1) is 0 Å². The highest BCUT2D eigenvalue weighted by Crippen LogP contribution is 2.20. The quantitative estimate of drug-likeness (QED) is 0.629. The minimum absolute atomic E-state index is 0.0459. The Morgan fingerprint density at radius 3 is 2.23 bits per heavy atom. The summed E-state index contributed by atoms with van der Waals surface area (Å²) in [5.74, 6) is -0.209. The molecule has 3 amide bonds. The van der Waals surface area contributed by atoms with Gasteiger partial charge in [0.2, 0.25) is 11.8 Å². The standard InChI is InChI=1S/C24H30N4O3/c1-3-22(29)27-21-15-20(10-7-17(21)2)25-16-23(30)26-19-11-8-18(9-12-19)24(31)28-13-5-4-6-14-28/h7-12,15,25H,3-6,13-14,16H2,1-2H3,(H,26,30)(H,27,29). The van der Waals surface area contributed by atoms with Crippen LogP contribution in [0.15, 0.2) is 42.5 Å². The van der Waals surface area contributed by atoms with Gasteiger partial charge in [0.15, 0.2) is 0 Å². The lowest BCUT2D eigenvalue weighted by Gasteiger charge is -2.26. The van der Waals surface area contributed by atoms with E-state index in [4.69, 9.17) is 0 Å². The molecule has 0 bridgehead atoms. The first-order valence-electron chi connectivity index (χ1n) is 10.8. The second kappa shape index (κ2) is 10.6. The molecule has 0 spiro atoms. The van der Waals surface area contributed by atoms with E-state index in [-0.39, 0.29) is 24.3 Å². The van der Waals surface area contributed by atoms with Gasteiger partial charge in [0.05, 0.1) is 6.54 Å². The van der Waals surface area contributed by atoms with Crippen LogP contribution in [0.3, 0.4) is 0 Å². The highest BCUT2D eigenvalue weighted by atomic mass is 16.2. The van der Waals surface area contributed by atoms with Crippen LogP contribution in [0.25, 0.3) is 0 Å². The highest BCUT2D eigenvalue weighted by Gasteiger charge is 2.18. The third-order valence-corrected chi connectivity index (χ3v) is 5.34. The molecule has 3 N–H and O–H groups in total. The van der Waals surface area contributed by atoms with Gasteiger partial charge >= 0.3 is 0 Å². The predicted octanol–water partition coefficient (Wildman–Crippen LogP) is 4.02. The van der Waals surface area contributed by atoms with Crippen LogP contribution in [0.4, 0.5) is 17.1 Å². The molecule has 2 aromatic carbocycles. The van der Waals surface area contributed by atoms with Crippen LogP contribution in [0.2, 0.25) is 0 Å². The molecule has 1 aliphatic heterocycles. The van der Waals surface area contributed by atoms with Crippen molar-refractivity contribution < 1.29 is 14.4 Å². The van der Waals surface area contributed by atoms with Gasteiger partial charge in [-0.2, -0.15) is 0 Å². The Morgan fingerprint density at radius 2 is 1.55 bits per heavy atom. The van der Waals surface area contributed by atoms with Gasteiger partial charge in [0.25, 0.3) is 5.91 Å². The second-order valence-electron chi connectivity index (χ2n) is 7.76. The molecule has 7 nitrogen and oxygen atoms in total. The predicted molar refractivity (Wildman–Crippen MR) is 123 cm³/mol. The van der Waals surface area contributed by atoms with E-state index in [1.165, 1.54) is 6.42 Å². The Bertz CT molecular complexity index is 934. The Kier molecular flexibility index (Phi) is 7.65. The van der Waals surface area contributed by atoms with Gasteiger partial charge in [-0.05, 0) is 68.1 Å². The number of carbonyl (C=O) groups excluding carboxylic acids is 3. The zero-order chi connectivity index (χ0) is 22.2. The van der Waals surface area contributed by atoms with Gasteiger partial charge in [0, 0.05) is 42.1 Å². The first-order chi connectivity index (χ1) is 15.0. The zero-order valence-corrected chi connectivity index (χ0v) is 18.2. The van der Waals surface area contributed by atoms with Crippen LogP contribution in [0, 0.1) is 6.92 Å². The molecule has 7 heteroatoms. The monoisotopic (exact) mass is 422 g/mol. The van der Waals surface area contributed by atoms with Gasteiger partial charge < -0.3 is 20.9 Å². The zero-order valence-electron chi connectivity index (χ0n) is 18.2. The summed E-state index contributed by atoms with van der Waals surface area (Å²) in [4.78, 5) is 38.4. The van der Waals surface area contributed by atoms with Crippen molar-refractivity contribution in [3.05, 3.63) is 53.6 Å². The largest absolute Gasteiger partial charge is 0.376 e. The number of nitrogens with one attached hydrogen (secondary N) is 3. The molecule has 3 rings (SSSR count). The minimum Gasteiger partial charge on any atom is -0.376 e. The fraction of sp³-hybridized carbons (Fsp3) is 0.375. The van der Waals surface area contributed by atoms with Crippen molar-refractivity contribution in [1.29, 1.82) is 0 Å². The minimum atomic E-state index is -0.199. The lowest BCUT2D eigenvalue weighted by Crippen LogP contribution is -2.35. The number of hydrogen-bond acceptors (Lipinski definition) is 4.